The molecule has 2 saturated heterocycles. The van der Waals surface area contributed by atoms with Crippen LogP contribution < -0.4 is 5.32 Å². The van der Waals surface area contributed by atoms with Gasteiger partial charge in [0.2, 0.25) is 0 Å². The molecule has 1 N–H and O–H groups in total. The minimum atomic E-state index is -0.599. The van der Waals surface area contributed by atoms with E-state index in [0.717, 1.165) is 6.42 Å². The van der Waals surface area contributed by atoms with Crippen molar-refractivity contribution in [3.8, 4) is 0 Å². The lowest BCUT2D eigenvalue weighted by Crippen LogP contribution is -2.50. The molecule has 3 rings (SSSR count). The molecular weight excluding hydrogens is 296 g/mol. The number of piperidine rings is 1. The predicted molar refractivity (Wildman–Crippen MR) is 84.9 cm³/mol. The summed E-state index contributed by atoms with van der Waals surface area (Å²) in [5, 5.41) is 2.66. The van der Waals surface area contributed by atoms with E-state index in [-0.39, 0.29) is 0 Å². The number of benzene rings is 1. The molecule has 0 aromatic heterocycles. The Hall–Kier alpha value is -1.92. The Labute approximate surface area is 135 Å². The number of carbonyl (C=O) groups excluding carboxylic acids is 2. The van der Waals surface area contributed by atoms with Gasteiger partial charge in [0, 0.05) is 31.6 Å². The molecule has 2 aliphatic heterocycles. The molecule has 124 valence electrons. The highest BCUT2D eigenvalue weighted by molar-refractivity contribution is 6.39. The maximum Gasteiger partial charge on any atom is 0.313 e. The first kappa shape index (κ1) is 16.0. The number of ether oxygens (including phenoxy) is 2. The van der Waals surface area contributed by atoms with Crippen LogP contribution in [0.3, 0.4) is 0 Å². The van der Waals surface area contributed by atoms with Gasteiger partial charge in [0.25, 0.3) is 0 Å². The second-order valence-electron chi connectivity index (χ2n) is 5.90. The quantitative estimate of drug-likeness (QED) is 0.840. The monoisotopic (exact) mass is 318 g/mol. The summed E-state index contributed by atoms with van der Waals surface area (Å²) in [6.45, 7) is 4.21. The van der Waals surface area contributed by atoms with E-state index in [2.05, 4.69) is 12.2 Å². The third kappa shape index (κ3) is 3.54. The predicted octanol–water partition coefficient (Wildman–Crippen LogP) is 1.55. The molecule has 2 amide bonds. The first-order chi connectivity index (χ1) is 11.1. The van der Waals surface area contributed by atoms with Crippen LogP contribution in [-0.4, -0.2) is 48.8 Å². The molecule has 0 aliphatic carbocycles. The number of carbonyl (C=O) groups is 2. The molecule has 0 bridgehead atoms. The molecule has 2 fully saturated rings. The van der Waals surface area contributed by atoms with Crippen LogP contribution in [0.15, 0.2) is 24.3 Å². The molecule has 23 heavy (non-hydrogen) atoms. The Kier molecular flexibility index (Phi) is 4.63. The molecule has 0 unspecified atom stereocenters. The minimum Gasteiger partial charge on any atom is -0.347 e. The Morgan fingerprint density at radius 3 is 2.30 bits per heavy atom. The second-order valence-corrected chi connectivity index (χ2v) is 5.90. The summed E-state index contributed by atoms with van der Waals surface area (Å²) < 4.78 is 11.3. The van der Waals surface area contributed by atoms with Crippen molar-refractivity contribution in [1.29, 1.82) is 0 Å². The van der Waals surface area contributed by atoms with Crippen LogP contribution in [0.4, 0.5) is 5.69 Å². The lowest BCUT2D eigenvalue weighted by molar-refractivity contribution is -0.187. The highest BCUT2D eigenvalue weighted by atomic mass is 16.7. The largest absolute Gasteiger partial charge is 0.347 e. The van der Waals surface area contributed by atoms with Gasteiger partial charge in [0.1, 0.15) is 0 Å². The van der Waals surface area contributed by atoms with Gasteiger partial charge in [-0.2, -0.15) is 0 Å². The number of rotatable bonds is 2. The van der Waals surface area contributed by atoms with Crippen LogP contribution in [0.2, 0.25) is 0 Å². The van der Waals surface area contributed by atoms with Crippen molar-refractivity contribution in [3.05, 3.63) is 29.8 Å². The summed E-state index contributed by atoms with van der Waals surface area (Å²) in [6.07, 6.45) is 2.15. The van der Waals surface area contributed by atoms with E-state index < -0.39 is 17.6 Å². The molecule has 6 heteroatoms. The molecule has 2 aliphatic rings. The molecule has 1 aromatic rings. The molecule has 1 aromatic carbocycles. The Bertz CT molecular complexity index is 569. The van der Waals surface area contributed by atoms with E-state index in [1.807, 2.05) is 24.3 Å². The maximum atomic E-state index is 12.3. The first-order valence-corrected chi connectivity index (χ1v) is 8.09. The molecule has 0 radical (unpaired) electrons. The molecule has 0 atom stereocenters. The fourth-order valence-electron chi connectivity index (χ4n) is 2.99. The number of aryl methyl sites for hydroxylation is 1. The van der Waals surface area contributed by atoms with Crippen LogP contribution in [0.25, 0.3) is 0 Å². The number of amides is 2. The van der Waals surface area contributed by atoms with E-state index in [0.29, 0.717) is 44.8 Å². The number of anilines is 1. The summed E-state index contributed by atoms with van der Waals surface area (Å²) in [7, 11) is 0. The molecular formula is C17H22N2O4. The zero-order valence-corrected chi connectivity index (χ0v) is 13.3. The van der Waals surface area contributed by atoms with Gasteiger partial charge >= 0.3 is 11.8 Å². The zero-order chi connectivity index (χ0) is 16.3. The van der Waals surface area contributed by atoms with Crippen molar-refractivity contribution < 1.29 is 19.1 Å². The normalized spacial score (nSPS) is 19.8. The van der Waals surface area contributed by atoms with Crippen LogP contribution in [0, 0.1) is 0 Å². The van der Waals surface area contributed by atoms with Gasteiger partial charge in [-0.05, 0) is 24.1 Å². The summed E-state index contributed by atoms with van der Waals surface area (Å²) in [4.78, 5) is 25.9. The minimum absolute atomic E-state index is 0.473. The van der Waals surface area contributed by atoms with Crippen molar-refractivity contribution in [3.63, 3.8) is 0 Å². The number of nitrogens with one attached hydrogen (secondary N) is 1. The van der Waals surface area contributed by atoms with E-state index in [1.54, 1.807) is 4.90 Å². The summed E-state index contributed by atoms with van der Waals surface area (Å²) in [6, 6.07) is 7.52. The lowest BCUT2D eigenvalue weighted by atomic mass is 10.0. The van der Waals surface area contributed by atoms with Gasteiger partial charge in [0.05, 0.1) is 13.2 Å². The van der Waals surface area contributed by atoms with Gasteiger partial charge < -0.3 is 19.7 Å². The SMILES string of the molecule is CCc1ccc(NC(=O)C(=O)N2CCC3(CC2)OCCO3)cc1. The summed E-state index contributed by atoms with van der Waals surface area (Å²) in [5.41, 5.74) is 1.82. The van der Waals surface area contributed by atoms with E-state index in [1.165, 1.54) is 5.56 Å². The number of likely N-dealkylation sites (tertiary alicyclic amines) is 1. The number of hydrogen-bond acceptors (Lipinski definition) is 4. The first-order valence-electron chi connectivity index (χ1n) is 8.09. The molecule has 2 heterocycles. The average molecular weight is 318 g/mol. The number of nitrogens with zero attached hydrogens (tertiary/aromatic N) is 1. The highest BCUT2D eigenvalue weighted by Gasteiger charge is 2.41. The van der Waals surface area contributed by atoms with Gasteiger partial charge in [-0.25, -0.2) is 0 Å². The fourth-order valence-corrected chi connectivity index (χ4v) is 2.99. The van der Waals surface area contributed by atoms with Gasteiger partial charge in [-0.1, -0.05) is 19.1 Å². The van der Waals surface area contributed by atoms with Crippen molar-refractivity contribution >= 4 is 17.5 Å². The van der Waals surface area contributed by atoms with Crippen LogP contribution in [-0.2, 0) is 25.5 Å². The summed E-state index contributed by atoms with van der Waals surface area (Å²) in [5.74, 6) is -1.64. The van der Waals surface area contributed by atoms with Crippen LogP contribution >= 0.6 is 0 Å². The van der Waals surface area contributed by atoms with Gasteiger partial charge in [0.15, 0.2) is 5.79 Å². The van der Waals surface area contributed by atoms with Crippen molar-refractivity contribution in [1.82, 2.24) is 4.90 Å². The molecule has 0 saturated carbocycles. The van der Waals surface area contributed by atoms with Gasteiger partial charge in [-0.15, -0.1) is 0 Å². The Morgan fingerprint density at radius 1 is 1.13 bits per heavy atom. The van der Waals surface area contributed by atoms with Crippen LogP contribution in [0.5, 0.6) is 0 Å². The Morgan fingerprint density at radius 2 is 1.74 bits per heavy atom. The van der Waals surface area contributed by atoms with Crippen LogP contribution in [0.1, 0.15) is 25.3 Å². The molecule has 6 nitrogen and oxygen atoms in total. The van der Waals surface area contributed by atoms with E-state index >= 15 is 0 Å². The third-order valence-electron chi connectivity index (χ3n) is 4.44. The average Bonchev–Trinajstić information content (AvgIpc) is 3.03. The van der Waals surface area contributed by atoms with Crippen molar-refractivity contribution in [2.45, 2.75) is 32.0 Å². The maximum absolute atomic E-state index is 12.3. The standard InChI is InChI=1S/C17H22N2O4/c1-2-13-3-5-14(6-4-13)18-15(20)16(21)19-9-7-17(8-10-19)22-11-12-23-17/h3-6H,2,7-12H2,1H3,(H,18,20). The zero-order valence-electron chi connectivity index (χ0n) is 13.3. The lowest BCUT2D eigenvalue weighted by Gasteiger charge is -2.37. The van der Waals surface area contributed by atoms with E-state index in [9.17, 15) is 9.59 Å². The molecule has 1 spiro atoms. The topological polar surface area (TPSA) is 67.9 Å². The van der Waals surface area contributed by atoms with Crippen molar-refractivity contribution in [2.24, 2.45) is 0 Å². The third-order valence-corrected chi connectivity index (χ3v) is 4.44. The van der Waals surface area contributed by atoms with Crippen molar-refractivity contribution in [2.75, 3.05) is 31.6 Å². The smallest absolute Gasteiger partial charge is 0.313 e. The van der Waals surface area contributed by atoms with Gasteiger partial charge in [-0.3, -0.25) is 9.59 Å². The Balaban J connectivity index is 1.54. The fraction of sp³-hybridized carbons (Fsp3) is 0.529. The van der Waals surface area contributed by atoms with E-state index in [4.69, 9.17) is 9.47 Å². The highest BCUT2D eigenvalue weighted by Crippen LogP contribution is 2.31. The number of hydrogen-bond donors (Lipinski definition) is 1. The summed E-state index contributed by atoms with van der Waals surface area (Å²) >= 11 is 0. The second kappa shape index (κ2) is 6.68.